The maximum atomic E-state index is 4.36. The predicted molar refractivity (Wildman–Crippen MR) is 64.3 cm³/mol. The molecular weight excluding hydrogens is 206 g/mol. The van der Waals surface area contributed by atoms with Crippen molar-refractivity contribution < 1.29 is 0 Å². The van der Waals surface area contributed by atoms with E-state index in [1.165, 1.54) is 36.7 Å². The molecule has 84 valence electrons. The van der Waals surface area contributed by atoms with E-state index in [9.17, 15) is 0 Å². The standard InChI is InChI=1S/C11H19N3S/c1-9-6-11(14(2)13-9)15-8-10-4-3-5-12-7-10/h6,10,12H,3-5,7-8H2,1-2H3. The van der Waals surface area contributed by atoms with Crippen molar-refractivity contribution in [1.82, 2.24) is 15.1 Å². The van der Waals surface area contributed by atoms with Crippen molar-refractivity contribution in [2.24, 2.45) is 13.0 Å². The van der Waals surface area contributed by atoms with Crippen LogP contribution >= 0.6 is 11.8 Å². The summed E-state index contributed by atoms with van der Waals surface area (Å²) in [7, 11) is 2.02. The molecule has 1 aromatic heterocycles. The van der Waals surface area contributed by atoms with E-state index in [-0.39, 0.29) is 0 Å². The van der Waals surface area contributed by atoms with Gasteiger partial charge in [-0.1, -0.05) is 0 Å². The minimum Gasteiger partial charge on any atom is -0.316 e. The van der Waals surface area contributed by atoms with Gasteiger partial charge in [0.05, 0.1) is 10.7 Å². The van der Waals surface area contributed by atoms with Gasteiger partial charge >= 0.3 is 0 Å². The molecule has 0 radical (unpaired) electrons. The van der Waals surface area contributed by atoms with E-state index in [2.05, 4.69) is 16.5 Å². The molecular formula is C11H19N3S. The molecule has 0 aromatic carbocycles. The molecule has 1 aromatic rings. The number of thioether (sulfide) groups is 1. The van der Waals surface area contributed by atoms with E-state index >= 15 is 0 Å². The van der Waals surface area contributed by atoms with E-state index in [0.717, 1.165) is 11.6 Å². The molecule has 3 nitrogen and oxygen atoms in total. The lowest BCUT2D eigenvalue weighted by molar-refractivity contribution is 0.410. The fourth-order valence-electron chi connectivity index (χ4n) is 1.99. The van der Waals surface area contributed by atoms with Gasteiger partial charge in [-0.25, -0.2) is 0 Å². The number of nitrogens with one attached hydrogen (secondary N) is 1. The third-order valence-corrected chi connectivity index (χ3v) is 4.14. The summed E-state index contributed by atoms with van der Waals surface area (Å²) in [5.41, 5.74) is 1.11. The highest BCUT2D eigenvalue weighted by Gasteiger charge is 2.14. The Kier molecular flexibility index (Phi) is 3.70. The summed E-state index contributed by atoms with van der Waals surface area (Å²) in [6, 6.07) is 2.17. The van der Waals surface area contributed by atoms with Crippen LogP contribution < -0.4 is 5.32 Å². The number of nitrogens with zero attached hydrogens (tertiary/aromatic N) is 2. The Bertz CT molecular complexity index is 316. The van der Waals surface area contributed by atoms with Crippen LogP contribution in [0.2, 0.25) is 0 Å². The van der Waals surface area contributed by atoms with Crippen molar-refractivity contribution in [3.8, 4) is 0 Å². The highest BCUT2D eigenvalue weighted by atomic mass is 32.2. The van der Waals surface area contributed by atoms with Crippen molar-refractivity contribution >= 4 is 11.8 Å². The molecule has 1 aliphatic heterocycles. The Morgan fingerprint density at radius 3 is 3.13 bits per heavy atom. The third-order valence-electron chi connectivity index (χ3n) is 2.82. The van der Waals surface area contributed by atoms with Crippen molar-refractivity contribution in [3.05, 3.63) is 11.8 Å². The number of hydrogen-bond acceptors (Lipinski definition) is 3. The normalized spacial score (nSPS) is 21.9. The van der Waals surface area contributed by atoms with Gasteiger partial charge in [0, 0.05) is 12.8 Å². The molecule has 2 heterocycles. The smallest absolute Gasteiger partial charge is 0.0939 e. The van der Waals surface area contributed by atoms with Crippen LogP contribution in [0, 0.1) is 12.8 Å². The lowest BCUT2D eigenvalue weighted by Crippen LogP contribution is -2.30. The van der Waals surface area contributed by atoms with E-state index in [1.54, 1.807) is 0 Å². The van der Waals surface area contributed by atoms with Crippen molar-refractivity contribution in [2.45, 2.75) is 24.8 Å². The van der Waals surface area contributed by atoms with Gasteiger partial charge in [-0.3, -0.25) is 4.68 Å². The molecule has 0 saturated carbocycles. The summed E-state index contributed by atoms with van der Waals surface area (Å²) in [5.74, 6) is 2.05. The van der Waals surface area contributed by atoms with Gasteiger partial charge in [-0.05, 0) is 44.8 Å². The zero-order valence-electron chi connectivity index (χ0n) is 9.49. The molecule has 1 saturated heterocycles. The molecule has 1 aliphatic rings. The minimum atomic E-state index is 0.832. The number of aryl methyl sites for hydroxylation is 2. The molecule has 1 atom stereocenters. The first-order valence-corrected chi connectivity index (χ1v) is 6.58. The summed E-state index contributed by atoms with van der Waals surface area (Å²) in [5, 5.41) is 9.10. The van der Waals surface area contributed by atoms with Gasteiger partial charge in [0.25, 0.3) is 0 Å². The van der Waals surface area contributed by atoms with Crippen LogP contribution in [-0.4, -0.2) is 28.6 Å². The van der Waals surface area contributed by atoms with Crippen LogP contribution in [0.1, 0.15) is 18.5 Å². The molecule has 4 heteroatoms. The first-order valence-electron chi connectivity index (χ1n) is 5.60. The van der Waals surface area contributed by atoms with Crippen LogP contribution in [0.5, 0.6) is 0 Å². The Morgan fingerprint density at radius 2 is 2.53 bits per heavy atom. The maximum Gasteiger partial charge on any atom is 0.0939 e. The zero-order chi connectivity index (χ0) is 10.7. The highest BCUT2D eigenvalue weighted by Crippen LogP contribution is 2.23. The molecule has 1 unspecified atom stereocenters. The van der Waals surface area contributed by atoms with Crippen LogP contribution in [0.3, 0.4) is 0 Å². The van der Waals surface area contributed by atoms with Crippen molar-refractivity contribution in [1.29, 1.82) is 0 Å². The lowest BCUT2D eigenvalue weighted by atomic mass is 10.0. The Hall–Kier alpha value is -0.480. The van der Waals surface area contributed by atoms with Crippen LogP contribution in [-0.2, 0) is 7.05 Å². The molecule has 0 bridgehead atoms. The average molecular weight is 225 g/mol. The summed E-state index contributed by atoms with van der Waals surface area (Å²) in [4.78, 5) is 0. The van der Waals surface area contributed by atoms with Gasteiger partial charge in [-0.2, -0.15) is 5.10 Å². The average Bonchev–Trinajstić information content (AvgIpc) is 2.56. The molecule has 1 fully saturated rings. The van der Waals surface area contributed by atoms with E-state index in [4.69, 9.17) is 0 Å². The second-order valence-corrected chi connectivity index (χ2v) is 5.31. The number of piperidine rings is 1. The number of rotatable bonds is 3. The Balaban J connectivity index is 1.84. The molecule has 1 N–H and O–H groups in total. The molecule has 0 aliphatic carbocycles. The van der Waals surface area contributed by atoms with Gasteiger partial charge < -0.3 is 5.32 Å². The van der Waals surface area contributed by atoms with Gasteiger partial charge in [0.15, 0.2) is 0 Å². The quantitative estimate of drug-likeness (QED) is 0.796. The summed E-state index contributed by atoms with van der Waals surface area (Å²) >= 11 is 1.93. The van der Waals surface area contributed by atoms with Crippen LogP contribution in [0.4, 0.5) is 0 Å². The minimum absolute atomic E-state index is 0.832. The number of hydrogen-bond donors (Lipinski definition) is 1. The monoisotopic (exact) mass is 225 g/mol. The van der Waals surface area contributed by atoms with Crippen LogP contribution in [0.15, 0.2) is 11.1 Å². The molecule has 0 spiro atoms. The van der Waals surface area contributed by atoms with Gasteiger partial charge in [0.2, 0.25) is 0 Å². The fourth-order valence-corrected chi connectivity index (χ4v) is 3.16. The van der Waals surface area contributed by atoms with E-state index in [0.29, 0.717) is 0 Å². The molecule has 15 heavy (non-hydrogen) atoms. The fraction of sp³-hybridized carbons (Fsp3) is 0.727. The second kappa shape index (κ2) is 5.03. The Morgan fingerprint density at radius 1 is 1.67 bits per heavy atom. The Labute approximate surface area is 95.6 Å². The van der Waals surface area contributed by atoms with E-state index < -0.39 is 0 Å². The first-order chi connectivity index (χ1) is 7.25. The third kappa shape index (κ3) is 2.98. The van der Waals surface area contributed by atoms with Crippen LogP contribution in [0.25, 0.3) is 0 Å². The first kappa shape index (κ1) is 11.0. The van der Waals surface area contributed by atoms with Gasteiger partial charge in [0.1, 0.15) is 0 Å². The zero-order valence-corrected chi connectivity index (χ0v) is 10.3. The van der Waals surface area contributed by atoms with E-state index in [1.807, 2.05) is 30.4 Å². The molecule has 2 rings (SSSR count). The summed E-state index contributed by atoms with van der Waals surface area (Å²) in [6.45, 7) is 4.43. The summed E-state index contributed by atoms with van der Waals surface area (Å²) in [6.07, 6.45) is 2.70. The van der Waals surface area contributed by atoms with Crippen molar-refractivity contribution in [3.63, 3.8) is 0 Å². The summed E-state index contributed by atoms with van der Waals surface area (Å²) < 4.78 is 1.98. The molecule has 0 amide bonds. The number of aromatic nitrogens is 2. The topological polar surface area (TPSA) is 29.9 Å². The highest BCUT2D eigenvalue weighted by molar-refractivity contribution is 7.99. The van der Waals surface area contributed by atoms with Gasteiger partial charge in [-0.15, -0.1) is 11.8 Å². The van der Waals surface area contributed by atoms with Crippen molar-refractivity contribution in [2.75, 3.05) is 18.8 Å². The maximum absolute atomic E-state index is 4.36. The lowest BCUT2D eigenvalue weighted by Gasteiger charge is -2.22. The largest absolute Gasteiger partial charge is 0.316 e. The SMILES string of the molecule is Cc1cc(SCC2CCCNC2)n(C)n1. The predicted octanol–water partition coefficient (Wildman–Crippen LogP) is 1.82. The second-order valence-electron chi connectivity index (χ2n) is 4.27.